The second kappa shape index (κ2) is 3.55. The third-order valence-corrected chi connectivity index (χ3v) is 0.820. The van der Waals surface area contributed by atoms with Gasteiger partial charge in [-0.05, 0) is 0 Å². The molecule has 0 amide bonds. The van der Waals surface area contributed by atoms with Crippen LogP contribution in [0.5, 0.6) is 0 Å². The van der Waals surface area contributed by atoms with E-state index in [1.165, 1.54) is 0 Å². The molecule has 1 aliphatic heterocycles. The van der Waals surface area contributed by atoms with Crippen LogP contribution in [0.2, 0.25) is 0 Å². The SMILES string of the molecule is Cl.NC1=NCCCO1. The molecule has 1 aliphatic rings. The minimum absolute atomic E-state index is 0. The van der Waals surface area contributed by atoms with Crippen molar-refractivity contribution in [3.63, 3.8) is 0 Å². The summed E-state index contributed by atoms with van der Waals surface area (Å²) < 4.78 is 4.81. The van der Waals surface area contributed by atoms with E-state index in [4.69, 9.17) is 10.5 Å². The molecule has 0 aliphatic carbocycles. The van der Waals surface area contributed by atoms with E-state index in [0.29, 0.717) is 6.02 Å². The maximum Gasteiger partial charge on any atom is 0.281 e. The molecule has 0 unspecified atom stereocenters. The van der Waals surface area contributed by atoms with Crippen molar-refractivity contribution in [1.29, 1.82) is 0 Å². The first-order valence-corrected chi connectivity index (χ1v) is 2.32. The first-order chi connectivity index (χ1) is 3.39. The number of ether oxygens (including phenoxy) is 1. The fraction of sp³-hybridized carbons (Fsp3) is 0.750. The molecule has 0 aromatic rings. The monoisotopic (exact) mass is 136 g/mol. The van der Waals surface area contributed by atoms with Gasteiger partial charge in [0.2, 0.25) is 0 Å². The molecule has 0 atom stereocenters. The molecule has 8 heavy (non-hydrogen) atoms. The molecule has 0 saturated heterocycles. The average molecular weight is 137 g/mol. The molecule has 3 nitrogen and oxygen atoms in total. The normalized spacial score (nSPS) is 17.8. The molecular formula is C4H9ClN2O. The second-order valence-corrected chi connectivity index (χ2v) is 1.42. The van der Waals surface area contributed by atoms with E-state index in [1.54, 1.807) is 0 Å². The summed E-state index contributed by atoms with van der Waals surface area (Å²) in [5.41, 5.74) is 5.16. The van der Waals surface area contributed by atoms with Gasteiger partial charge in [-0.15, -0.1) is 12.4 Å². The Balaban J connectivity index is 0.000000490. The van der Waals surface area contributed by atoms with Gasteiger partial charge in [-0.2, -0.15) is 0 Å². The molecule has 0 bridgehead atoms. The first-order valence-electron chi connectivity index (χ1n) is 2.32. The van der Waals surface area contributed by atoms with Crippen molar-refractivity contribution < 1.29 is 4.74 Å². The lowest BCUT2D eigenvalue weighted by Gasteiger charge is -2.07. The number of hydrogen-bond acceptors (Lipinski definition) is 3. The number of aliphatic imine (C=N–C) groups is 1. The number of hydrogen-bond donors (Lipinski definition) is 1. The summed E-state index contributed by atoms with van der Waals surface area (Å²) in [6, 6.07) is 0.339. The Morgan fingerprint density at radius 2 is 2.38 bits per heavy atom. The Labute approximate surface area is 54.3 Å². The van der Waals surface area contributed by atoms with E-state index in [1.807, 2.05) is 0 Å². The molecule has 0 radical (unpaired) electrons. The molecule has 0 fully saturated rings. The van der Waals surface area contributed by atoms with Crippen LogP contribution < -0.4 is 5.73 Å². The van der Waals surface area contributed by atoms with Crippen LogP contribution in [0.15, 0.2) is 4.99 Å². The Hall–Kier alpha value is -0.440. The quantitative estimate of drug-likeness (QED) is 0.515. The minimum Gasteiger partial charge on any atom is -0.465 e. The van der Waals surface area contributed by atoms with E-state index in [-0.39, 0.29) is 12.4 Å². The van der Waals surface area contributed by atoms with Gasteiger partial charge in [0.15, 0.2) is 0 Å². The summed E-state index contributed by atoms with van der Waals surface area (Å²) in [7, 11) is 0. The van der Waals surface area contributed by atoms with Gasteiger partial charge in [0.25, 0.3) is 6.02 Å². The van der Waals surface area contributed by atoms with Crippen LogP contribution in [0.25, 0.3) is 0 Å². The fourth-order valence-corrected chi connectivity index (χ4v) is 0.476. The third-order valence-electron chi connectivity index (χ3n) is 0.820. The zero-order valence-corrected chi connectivity index (χ0v) is 5.28. The Bertz CT molecular complexity index is 94.0. The molecule has 0 saturated carbocycles. The van der Waals surface area contributed by atoms with E-state index >= 15 is 0 Å². The molecule has 48 valence electrons. The summed E-state index contributed by atoms with van der Waals surface area (Å²) >= 11 is 0. The van der Waals surface area contributed by atoms with Gasteiger partial charge >= 0.3 is 0 Å². The van der Waals surface area contributed by atoms with Crippen LogP contribution in [-0.2, 0) is 4.74 Å². The molecule has 2 N–H and O–H groups in total. The van der Waals surface area contributed by atoms with Crippen molar-refractivity contribution in [3.05, 3.63) is 0 Å². The molecule has 4 heteroatoms. The summed E-state index contributed by atoms with van der Waals surface area (Å²) in [5.74, 6) is 0. The summed E-state index contributed by atoms with van der Waals surface area (Å²) in [6.45, 7) is 1.56. The van der Waals surface area contributed by atoms with E-state index in [9.17, 15) is 0 Å². The van der Waals surface area contributed by atoms with Crippen molar-refractivity contribution in [2.45, 2.75) is 6.42 Å². The maximum absolute atomic E-state index is 5.16. The van der Waals surface area contributed by atoms with Gasteiger partial charge in [0.1, 0.15) is 0 Å². The highest BCUT2D eigenvalue weighted by Crippen LogP contribution is 1.90. The van der Waals surface area contributed by atoms with Crippen LogP contribution >= 0.6 is 12.4 Å². The highest BCUT2D eigenvalue weighted by Gasteiger charge is 1.97. The summed E-state index contributed by atoms with van der Waals surface area (Å²) in [5, 5.41) is 0. The van der Waals surface area contributed by atoms with Crippen LogP contribution in [0.4, 0.5) is 0 Å². The Kier molecular flexibility index (Phi) is 3.35. The molecule has 1 rings (SSSR count). The molecule has 0 aromatic heterocycles. The number of halogens is 1. The van der Waals surface area contributed by atoms with Crippen molar-refractivity contribution in [2.24, 2.45) is 10.7 Å². The third kappa shape index (κ3) is 2.02. The average Bonchev–Trinajstić information content (AvgIpc) is 1.69. The van der Waals surface area contributed by atoms with Gasteiger partial charge in [-0.1, -0.05) is 0 Å². The number of nitrogens with two attached hydrogens (primary N) is 1. The number of rotatable bonds is 0. The Morgan fingerprint density at radius 3 is 2.62 bits per heavy atom. The lowest BCUT2D eigenvalue weighted by atomic mass is 10.4. The Morgan fingerprint density at radius 1 is 1.62 bits per heavy atom. The molecule has 0 aromatic carbocycles. The van der Waals surface area contributed by atoms with Crippen molar-refractivity contribution in [3.8, 4) is 0 Å². The lowest BCUT2D eigenvalue weighted by molar-refractivity contribution is 0.278. The molecular weight excluding hydrogens is 128 g/mol. The fourth-order valence-electron chi connectivity index (χ4n) is 0.476. The van der Waals surface area contributed by atoms with Crippen LogP contribution in [0.1, 0.15) is 6.42 Å². The van der Waals surface area contributed by atoms with Crippen LogP contribution in [-0.4, -0.2) is 19.2 Å². The summed E-state index contributed by atoms with van der Waals surface area (Å²) in [4.78, 5) is 3.80. The topological polar surface area (TPSA) is 47.6 Å². The van der Waals surface area contributed by atoms with Gasteiger partial charge in [-0.25, -0.2) is 4.99 Å². The zero-order chi connectivity index (χ0) is 5.11. The molecule has 1 heterocycles. The smallest absolute Gasteiger partial charge is 0.281 e. The van der Waals surface area contributed by atoms with E-state index in [2.05, 4.69) is 4.99 Å². The van der Waals surface area contributed by atoms with Gasteiger partial charge in [0.05, 0.1) is 6.61 Å². The maximum atomic E-state index is 5.16. The van der Waals surface area contributed by atoms with Crippen molar-refractivity contribution in [2.75, 3.05) is 13.2 Å². The predicted molar refractivity (Wildman–Crippen MR) is 34.3 cm³/mol. The number of nitrogens with zero attached hydrogens (tertiary/aromatic N) is 1. The predicted octanol–water partition coefficient (Wildman–Crippen LogP) is 0.143. The highest BCUT2D eigenvalue weighted by atomic mass is 35.5. The minimum atomic E-state index is 0. The van der Waals surface area contributed by atoms with Gasteiger partial charge in [0, 0.05) is 13.0 Å². The summed E-state index contributed by atoms with van der Waals surface area (Å²) in [6.07, 6.45) is 1.00. The van der Waals surface area contributed by atoms with Gasteiger partial charge < -0.3 is 10.5 Å². The van der Waals surface area contributed by atoms with Crippen molar-refractivity contribution in [1.82, 2.24) is 0 Å². The van der Waals surface area contributed by atoms with Crippen LogP contribution in [0, 0.1) is 0 Å². The van der Waals surface area contributed by atoms with Gasteiger partial charge in [-0.3, -0.25) is 0 Å². The second-order valence-electron chi connectivity index (χ2n) is 1.42. The number of amidine groups is 1. The van der Waals surface area contributed by atoms with E-state index < -0.39 is 0 Å². The first kappa shape index (κ1) is 7.56. The van der Waals surface area contributed by atoms with E-state index in [0.717, 1.165) is 19.6 Å². The zero-order valence-electron chi connectivity index (χ0n) is 4.46. The van der Waals surface area contributed by atoms with Crippen LogP contribution in [0.3, 0.4) is 0 Å². The standard InChI is InChI=1S/C4H8N2O.ClH/c5-4-6-2-1-3-7-4;/h1-3H2,(H2,5,6);1H. The van der Waals surface area contributed by atoms with Crippen molar-refractivity contribution >= 4 is 18.4 Å². The highest BCUT2D eigenvalue weighted by molar-refractivity contribution is 5.85. The lowest BCUT2D eigenvalue weighted by Crippen LogP contribution is -2.21. The largest absolute Gasteiger partial charge is 0.465 e. The molecule has 0 spiro atoms.